The van der Waals surface area contributed by atoms with Crippen LogP contribution in [0.1, 0.15) is 24.2 Å². The third-order valence-corrected chi connectivity index (χ3v) is 3.82. The van der Waals surface area contributed by atoms with Crippen molar-refractivity contribution in [2.75, 3.05) is 7.11 Å². The lowest BCUT2D eigenvalue weighted by Gasteiger charge is -2.14. The molecule has 1 unspecified atom stereocenters. The second-order valence-electron chi connectivity index (χ2n) is 4.71. The second kappa shape index (κ2) is 8.05. The van der Waals surface area contributed by atoms with Crippen LogP contribution >= 0.6 is 22.6 Å². The number of methoxy groups -OCH3 is 1. The smallest absolute Gasteiger partial charge is 0.273 e. The van der Waals surface area contributed by atoms with Crippen LogP contribution < -0.4 is 5.43 Å². The van der Waals surface area contributed by atoms with Crippen LogP contribution in [-0.2, 0) is 9.53 Å². The van der Waals surface area contributed by atoms with Crippen molar-refractivity contribution in [3.63, 3.8) is 0 Å². The summed E-state index contributed by atoms with van der Waals surface area (Å²) in [6, 6.07) is 17.3. The predicted octanol–water partition coefficient (Wildman–Crippen LogP) is 3.52. The highest BCUT2D eigenvalue weighted by atomic mass is 127. The van der Waals surface area contributed by atoms with Crippen molar-refractivity contribution in [1.82, 2.24) is 5.43 Å². The van der Waals surface area contributed by atoms with Gasteiger partial charge in [-0.1, -0.05) is 42.5 Å². The highest BCUT2D eigenvalue weighted by molar-refractivity contribution is 14.1. The molecule has 2 rings (SSSR count). The van der Waals surface area contributed by atoms with Gasteiger partial charge in [-0.25, -0.2) is 5.43 Å². The molecule has 1 N–H and O–H groups in total. The number of rotatable bonds is 5. The van der Waals surface area contributed by atoms with Crippen molar-refractivity contribution < 1.29 is 9.53 Å². The molecule has 0 radical (unpaired) electrons. The molecule has 0 fully saturated rings. The van der Waals surface area contributed by atoms with E-state index in [1.807, 2.05) is 61.5 Å². The van der Waals surface area contributed by atoms with Crippen molar-refractivity contribution in [3.8, 4) is 0 Å². The molecular weight excluding hydrogens is 391 g/mol. The van der Waals surface area contributed by atoms with Crippen molar-refractivity contribution >= 4 is 34.2 Å². The molecule has 2 aromatic rings. The quantitative estimate of drug-likeness (QED) is 0.468. The fourth-order valence-electron chi connectivity index (χ4n) is 2.00. The first kappa shape index (κ1) is 16.6. The van der Waals surface area contributed by atoms with E-state index in [0.717, 1.165) is 20.4 Å². The molecule has 0 aliphatic carbocycles. The molecule has 0 aromatic heterocycles. The molecule has 0 saturated heterocycles. The molecule has 0 spiro atoms. The average molecular weight is 408 g/mol. The van der Waals surface area contributed by atoms with Gasteiger partial charge in [0.15, 0.2) is 6.10 Å². The summed E-state index contributed by atoms with van der Waals surface area (Å²) in [7, 11) is 1.51. The lowest BCUT2D eigenvalue weighted by Crippen LogP contribution is -2.27. The number of hydrogen-bond donors (Lipinski definition) is 1. The molecule has 0 aliphatic heterocycles. The molecule has 0 bridgehead atoms. The van der Waals surface area contributed by atoms with E-state index in [1.54, 1.807) is 0 Å². The number of nitrogens with zero attached hydrogens (tertiary/aromatic N) is 1. The summed E-state index contributed by atoms with van der Waals surface area (Å²) in [6.07, 6.45) is -0.673. The Balaban J connectivity index is 2.09. The zero-order valence-corrected chi connectivity index (χ0v) is 14.6. The standard InChI is InChI=1S/C17H17IN2O2/c1-12(14-9-6-10-15(18)11-14)19-20-17(21)16(22-2)13-7-4-3-5-8-13/h3-11,16H,1-2H3,(H,20,21)/b19-12+. The van der Waals surface area contributed by atoms with Gasteiger partial charge in [-0.05, 0) is 52.8 Å². The molecule has 0 saturated carbocycles. The summed E-state index contributed by atoms with van der Waals surface area (Å²) in [5.41, 5.74) is 5.09. The van der Waals surface area contributed by atoms with Gasteiger partial charge >= 0.3 is 0 Å². The van der Waals surface area contributed by atoms with Crippen LogP contribution in [0.3, 0.4) is 0 Å². The normalized spacial score (nSPS) is 12.8. The van der Waals surface area contributed by atoms with Crippen LogP contribution in [-0.4, -0.2) is 18.7 Å². The molecule has 2 aromatic carbocycles. The molecule has 1 atom stereocenters. The number of ether oxygens (including phenoxy) is 1. The lowest BCUT2D eigenvalue weighted by molar-refractivity contribution is -0.131. The predicted molar refractivity (Wildman–Crippen MR) is 95.7 cm³/mol. The van der Waals surface area contributed by atoms with Crippen LogP contribution in [0.4, 0.5) is 0 Å². The van der Waals surface area contributed by atoms with Crippen molar-refractivity contribution in [2.24, 2.45) is 5.10 Å². The van der Waals surface area contributed by atoms with E-state index in [9.17, 15) is 4.79 Å². The Kier molecular flexibility index (Phi) is 6.09. The Morgan fingerprint density at radius 1 is 1.18 bits per heavy atom. The van der Waals surface area contributed by atoms with Crippen molar-refractivity contribution in [3.05, 3.63) is 69.3 Å². The Morgan fingerprint density at radius 2 is 1.91 bits per heavy atom. The fraction of sp³-hybridized carbons (Fsp3) is 0.176. The van der Waals surface area contributed by atoms with Gasteiger partial charge in [0.25, 0.3) is 5.91 Å². The summed E-state index contributed by atoms with van der Waals surface area (Å²) in [5, 5.41) is 4.16. The van der Waals surface area contributed by atoms with Gasteiger partial charge in [-0.2, -0.15) is 5.10 Å². The first-order chi connectivity index (χ1) is 10.6. The minimum absolute atomic E-state index is 0.293. The highest BCUT2D eigenvalue weighted by Gasteiger charge is 2.19. The van der Waals surface area contributed by atoms with Gasteiger partial charge in [-0.3, -0.25) is 4.79 Å². The summed E-state index contributed by atoms with van der Waals surface area (Å²) in [6.45, 7) is 1.86. The number of hydrazone groups is 1. The first-order valence-electron chi connectivity index (χ1n) is 6.79. The molecule has 4 nitrogen and oxygen atoms in total. The van der Waals surface area contributed by atoms with Crippen LogP contribution in [0.15, 0.2) is 59.7 Å². The minimum atomic E-state index is -0.673. The summed E-state index contributed by atoms with van der Waals surface area (Å²) in [4.78, 5) is 12.2. The maximum Gasteiger partial charge on any atom is 0.273 e. The average Bonchev–Trinajstić information content (AvgIpc) is 2.54. The summed E-state index contributed by atoms with van der Waals surface area (Å²) in [5.74, 6) is -0.293. The van der Waals surface area contributed by atoms with Gasteiger partial charge in [0, 0.05) is 10.7 Å². The van der Waals surface area contributed by atoms with E-state index >= 15 is 0 Å². The first-order valence-corrected chi connectivity index (χ1v) is 7.87. The zero-order valence-electron chi connectivity index (χ0n) is 12.4. The third kappa shape index (κ3) is 4.38. The Labute approximate surface area is 143 Å². The fourth-order valence-corrected chi connectivity index (χ4v) is 2.54. The second-order valence-corrected chi connectivity index (χ2v) is 5.96. The van der Waals surface area contributed by atoms with E-state index in [2.05, 4.69) is 33.1 Å². The van der Waals surface area contributed by atoms with Crippen LogP contribution in [0, 0.1) is 3.57 Å². The van der Waals surface area contributed by atoms with Gasteiger partial charge in [0.2, 0.25) is 0 Å². The number of halogens is 1. The molecule has 0 aliphatic rings. The van der Waals surface area contributed by atoms with Gasteiger partial charge in [0.1, 0.15) is 0 Å². The Bertz CT molecular complexity index is 671. The van der Waals surface area contributed by atoms with E-state index in [0.29, 0.717) is 0 Å². The van der Waals surface area contributed by atoms with Gasteiger partial charge < -0.3 is 4.74 Å². The van der Waals surface area contributed by atoms with Gasteiger partial charge in [0.05, 0.1) is 5.71 Å². The largest absolute Gasteiger partial charge is 0.367 e. The number of carbonyl (C=O) groups excluding carboxylic acids is 1. The SMILES string of the molecule is COC(C(=O)N/N=C(\C)c1cccc(I)c1)c1ccccc1. The molecule has 5 heteroatoms. The molecule has 114 valence electrons. The zero-order chi connectivity index (χ0) is 15.9. The van der Waals surface area contributed by atoms with Crippen LogP contribution in [0.2, 0.25) is 0 Å². The Hall–Kier alpha value is -1.73. The highest BCUT2D eigenvalue weighted by Crippen LogP contribution is 2.16. The number of amides is 1. The number of benzene rings is 2. The van der Waals surface area contributed by atoms with Crippen molar-refractivity contribution in [2.45, 2.75) is 13.0 Å². The Morgan fingerprint density at radius 3 is 2.55 bits per heavy atom. The number of hydrogen-bond acceptors (Lipinski definition) is 3. The van der Waals surface area contributed by atoms with Crippen molar-refractivity contribution in [1.29, 1.82) is 0 Å². The van der Waals surface area contributed by atoms with Crippen LogP contribution in [0.25, 0.3) is 0 Å². The van der Waals surface area contributed by atoms with E-state index in [4.69, 9.17) is 4.74 Å². The molecule has 1 amide bonds. The molecular formula is C17H17IN2O2. The summed E-state index contributed by atoms with van der Waals surface area (Å²) < 4.78 is 6.39. The summed E-state index contributed by atoms with van der Waals surface area (Å²) >= 11 is 2.24. The topological polar surface area (TPSA) is 50.7 Å². The molecule has 22 heavy (non-hydrogen) atoms. The van der Waals surface area contributed by atoms with Crippen LogP contribution in [0.5, 0.6) is 0 Å². The minimum Gasteiger partial charge on any atom is -0.367 e. The molecule has 0 heterocycles. The van der Waals surface area contributed by atoms with E-state index in [-0.39, 0.29) is 5.91 Å². The van der Waals surface area contributed by atoms with E-state index in [1.165, 1.54) is 7.11 Å². The maximum absolute atomic E-state index is 12.2. The maximum atomic E-state index is 12.2. The van der Waals surface area contributed by atoms with E-state index < -0.39 is 6.10 Å². The lowest BCUT2D eigenvalue weighted by atomic mass is 10.1. The number of carbonyl (C=O) groups is 1. The van der Waals surface area contributed by atoms with Gasteiger partial charge in [-0.15, -0.1) is 0 Å². The third-order valence-electron chi connectivity index (χ3n) is 3.15. The monoisotopic (exact) mass is 408 g/mol. The number of nitrogens with one attached hydrogen (secondary N) is 1.